The zero-order valence-corrected chi connectivity index (χ0v) is 12.5. The van der Waals surface area contributed by atoms with E-state index in [0.29, 0.717) is 5.02 Å². The van der Waals surface area contributed by atoms with Crippen molar-refractivity contribution in [2.24, 2.45) is 0 Å². The van der Waals surface area contributed by atoms with Crippen molar-refractivity contribution >= 4 is 40.9 Å². The number of hydrogen-bond donors (Lipinski definition) is 2. The fourth-order valence-electron chi connectivity index (χ4n) is 1.67. The van der Waals surface area contributed by atoms with Crippen molar-refractivity contribution in [2.75, 3.05) is 11.6 Å². The van der Waals surface area contributed by atoms with Gasteiger partial charge in [0.1, 0.15) is 0 Å². The van der Waals surface area contributed by atoms with Crippen LogP contribution in [-0.2, 0) is 0 Å². The number of carbonyl (C=O) groups is 2. The number of carboxylic acid groups (broad SMARTS) is 1. The molecule has 108 valence electrons. The van der Waals surface area contributed by atoms with Gasteiger partial charge in [-0.25, -0.2) is 9.78 Å². The Morgan fingerprint density at radius 2 is 2.10 bits per heavy atom. The molecule has 5 nitrogen and oxygen atoms in total. The Labute approximate surface area is 130 Å². The zero-order valence-electron chi connectivity index (χ0n) is 11.0. The molecule has 0 saturated heterocycles. The quantitative estimate of drug-likeness (QED) is 0.843. The molecule has 0 unspecified atom stereocenters. The van der Waals surface area contributed by atoms with Crippen molar-refractivity contribution in [3.05, 3.63) is 52.8 Å². The van der Waals surface area contributed by atoms with Crippen molar-refractivity contribution in [1.29, 1.82) is 0 Å². The van der Waals surface area contributed by atoms with Crippen LogP contribution in [0.1, 0.15) is 20.8 Å². The third-order valence-corrected chi connectivity index (χ3v) is 3.73. The molecule has 0 aliphatic heterocycles. The normalized spacial score (nSPS) is 10.2. The molecule has 1 heterocycles. The van der Waals surface area contributed by atoms with Gasteiger partial charge < -0.3 is 10.4 Å². The fourth-order valence-corrected chi connectivity index (χ4v) is 2.31. The number of benzene rings is 1. The molecule has 0 atom stereocenters. The van der Waals surface area contributed by atoms with Crippen LogP contribution < -0.4 is 5.32 Å². The maximum absolute atomic E-state index is 12.3. The molecule has 21 heavy (non-hydrogen) atoms. The van der Waals surface area contributed by atoms with Crippen LogP contribution in [-0.4, -0.2) is 28.2 Å². The van der Waals surface area contributed by atoms with Crippen molar-refractivity contribution in [3.8, 4) is 0 Å². The third-order valence-electron chi connectivity index (χ3n) is 2.68. The third kappa shape index (κ3) is 3.53. The summed E-state index contributed by atoms with van der Waals surface area (Å²) < 4.78 is 0. The summed E-state index contributed by atoms with van der Waals surface area (Å²) in [5, 5.41) is 11.9. The number of carboxylic acids is 1. The van der Waals surface area contributed by atoms with Gasteiger partial charge in [0, 0.05) is 11.1 Å². The number of nitrogens with zero attached hydrogens (tertiary/aromatic N) is 1. The van der Waals surface area contributed by atoms with Crippen LogP contribution in [0.25, 0.3) is 0 Å². The van der Waals surface area contributed by atoms with Gasteiger partial charge in [-0.3, -0.25) is 4.79 Å². The second-order valence-corrected chi connectivity index (χ2v) is 5.29. The summed E-state index contributed by atoms with van der Waals surface area (Å²) in [6.07, 6.45) is 3.23. The van der Waals surface area contributed by atoms with E-state index in [4.69, 9.17) is 16.7 Å². The van der Waals surface area contributed by atoms with Gasteiger partial charge in [0.2, 0.25) is 0 Å². The van der Waals surface area contributed by atoms with Crippen LogP contribution in [0.15, 0.2) is 41.4 Å². The number of amides is 1. The number of pyridine rings is 1. The Morgan fingerprint density at radius 3 is 2.76 bits per heavy atom. The number of aromatic carboxylic acids is 1. The van der Waals surface area contributed by atoms with Gasteiger partial charge in [0.05, 0.1) is 16.3 Å². The molecule has 1 amide bonds. The van der Waals surface area contributed by atoms with Crippen LogP contribution in [0.5, 0.6) is 0 Å². The number of aromatic nitrogens is 1. The molecule has 2 N–H and O–H groups in total. The van der Waals surface area contributed by atoms with Gasteiger partial charge in [-0.1, -0.05) is 11.6 Å². The lowest BCUT2D eigenvalue weighted by molar-refractivity contribution is 0.0692. The van der Waals surface area contributed by atoms with Gasteiger partial charge in [0.25, 0.3) is 5.91 Å². The second kappa shape index (κ2) is 6.60. The smallest absolute Gasteiger partial charge is 0.356 e. The molecule has 0 saturated carbocycles. The first kappa shape index (κ1) is 15.3. The van der Waals surface area contributed by atoms with Crippen LogP contribution in [0.4, 0.5) is 5.69 Å². The van der Waals surface area contributed by atoms with Gasteiger partial charge in [-0.15, -0.1) is 11.8 Å². The molecule has 2 aromatic rings. The average molecular weight is 323 g/mol. The molecule has 0 fully saturated rings. The highest BCUT2D eigenvalue weighted by Crippen LogP contribution is 2.24. The van der Waals surface area contributed by atoms with E-state index in [1.165, 1.54) is 24.0 Å². The Bertz CT molecular complexity index is 706. The molecule has 2 rings (SSSR count). The molecule has 0 bridgehead atoms. The molecule has 0 spiro atoms. The van der Waals surface area contributed by atoms with Gasteiger partial charge in [-0.2, -0.15) is 0 Å². The lowest BCUT2D eigenvalue weighted by atomic mass is 10.2. The number of carbonyl (C=O) groups excluding carboxylic acids is 1. The lowest BCUT2D eigenvalue weighted by Gasteiger charge is -2.09. The first-order chi connectivity index (χ1) is 10.0. The highest BCUT2D eigenvalue weighted by Gasteiger charge is 2.16. The van der Waals surface area contributed by atoms with E-state index in [2.05, 4.69) is 10.3 Å². The summed E-state index contributed by atoms with van der Waals surface area (Å²) in [5.41, 5.74) is 0.187. The van der Waals surface area contributed by atoms with Crippen LogP contribution in [0, 0.1) is 0 Å². The Balaban J connectivity index is 2.33. The monoisotopic (exact) mass is 322 g/mol. The van der Waals surface area contributed by atoms with Crippen molar-refractivity contribution in [2.45, 2.75) is 4.90 Å². The lowest BCUT2D eigenvalue weighted by Crippen LogP contribution is -2.16. The van der Waals surface area contributed by atoms with Crippen LogP contribution in [0.2, 0.25) is 5.02 Å². The molecule has 1 aromatic carbocycles. The Kier molecular flexibility index (Phi) is 4.82. The topological polar surface area (TPSA) is 79.3 Å². The Morgan fingerprint density at radius 1 is 1.33 bits per heavy atom. The van der Waals surface area contributed by atoms with Gasteiger partial charge in [0.15, 0.2) is 5.69 Å². The number of anilines is 1. The van der Waals surface area contributed by atoms with E-state index in [1.807, 2.05) is 6.26 Å². The van der Waals surface area contributed by atoms with Crippen molar-refractivity contribution in [3.63, 3.8) is 0 Å². The van der Waals surface area contributed by atoms with Crippen molar-refractivity contribution < 1.29 is 14.7 Å². The summed E-state index contributed by atoms with van der Waals surface area (Å²) >= 11 is 7.49. The van der Waals surface area contributed by atoms with E-state index < -0.39 is 11.9 Å². The Hall–Kier alpha value is -2.05. The minimum absolute atomic E-state index is 0.126. The standard InChI is InChI=1S/C14H11ClN2O3S/c1-21-8-4-5-10(15)9(7-8)13(18)17-11-3-2-6-16-12(11)14(19)20/h2-7H,1H3,(H,17,18)(H,19,20). The minimum atomic E-state index is -1.21. The number of nitrogens with one attached hydrogen (secondary N) is 1. The minimum Gasteiger partial charge on any atom is -0.476 e. The molecular weight excluding hydrogens is 312 g/mol. The van der Waals surface area contributed by atoms with E-state index in [-0.39, 0.29) is 16.9 Å². The highest BCUT2D eigenvalue weighted by atomic mass is 35.5. The average Bonchev–Trinajstić information content (AvgIpc) is 2.48. The van der Waals surface area contributed by atoms with Crippen LogP contribution in [0.3, 0.4) is 0 Å². The summed E-state index contributed by atoms with van der Waals surface area (Å²) in [4.78, 5) is 27.9. The highest BCUT2D eigenvalue weighted by molar-refractivity contribution is 7.98. The van der Waals surface area contributed by atoms with Crippen LogP contribution >= 0.6 is 23.4 Å². The molecule has 0 aliphatic carbocycles. The first-order valence-electron chi connectivity index (χ1n) is 5.86. The number of hydrogen-bond acceptors (Lipinski definition) is 4. The predicted molar refractivity (Wildman–Crippen MR) is 82.4 cm³/mol. The molecule has 0 aliphatic rings. The molecule has 1 aromatic heterocycles. The summed E-state index contributed by atoms with van der Waals surface area (Å²) in [6, 6.07) is 8.10. The summed E-state index contributed by atoms with van der Waals surface area (Å²) in [7, 11) is 0. The van der Waals surface area contributed by atoms with Gasteiger partial charge >= 0.3 is 5.97 Å². The zero-order chi connectivity index (χ0) is 15.4. The first-order valence-corrected chi connectivity index (χ1v) is 7.46. The van der Waals surface area contributed by atoms with E-state index in [0.717, 1.165) is 4.90 Å². The SMILES string of the molecule is CSc1ccc(Cl)c(C(=O)Nc2cccnc2C(=O)O)c1. The van der Waals surface area contributed by atoms with Crippen molar-refractivity contribution in [1.82, 2.24) is 4.98 Å². The number of rotatable bonds is 4. The molecule has 0 radical (unpaired) electrons. The summed E-state index contributed by atoms with van der Waals surface area (Å²) in [6.45, 7) is 0. The molecule has 7 heteroatoms. The maximum atomic E-state index is 12.3. The largest absolute Gasteiger partial charge is 0.476 e. The predicted octanol–water partition coefficient (Wildman–Crippen LogP) is 3.41. The van der Waals surface area contributed by atoms with E-state index in [9.17, 15) is 9.59 Å². The maximum Gasteiger partial charge on any atom is 0.356 e. The fraction of sp³-hybridized carbons (Fsp3) is 0.0714. The second-order valence-electron chi connectivity index (χ2n) is 4.00. The number of halogens is 1. The van der Waals surface area contributed by atoms with E-state index in [1.54, 1.807) is 24.3 Å². The van der Waals surface area contributed by atoms with E-state index >= 15 is 0 Å². The number of thioether (sulfide) groups is 1. The molecular formula is C14H11ClN2O3S. The van der Waals surface area contributed by atoms with Gasteiger partial charge in [-0.05, 0) is 36.6 Å². The summed E-state index contributed by atoms with van der Waals surface area (Å²) in [5.74, 6) is -1.69.